The molecule has 4 unspecified atom stereocenters. The minimum absolute atomic E-state index is 0. The normalized spacial score (nSPS) is 17.0. The van der Waals surface area contributed by atoms with Crippen LogP contribution in [0.5, 0.6) is 0 Å². The molecule has 4 nitrogen and oxygen atoms in total. The van der Waals surface area contributed by atoms with Crippen molar-refractivity contribution < 1.29 is 72.2 Å². The Morgan fingerprint density at radius 2 is 0.548 bits per heavy atom. The molecular formula is C14H20F12N4Zn-4. The van der Waals surface area contributed by atoms with Gasteiger partial charge in [0, 0.05) is 19.5 Å². The number of nitrogens with zero attached hydrogens (tertiary/aromatic N) is 4. The first-order valence-electron chi connectivity index (χ1n) is 8.14. The van der Waals surface area contributed by atoms with Gasteiger partial charge >= 0.3 is 25.2 Å². The molecule has 0 aromatic rings. The fraction of sp³-hybridized carbons (Fsp3) is 1.00. The summed E-state index contributed by atoms with van der Waals surface area (Å²) in [5.74, 6) is 0. The van der Waals surface area contributed by atoms with E-state index >= 15 is 0 Å². The van der Waals surface area contributed by atoms with Crippen molar-refractivity contribution in [2.24, 2.45) is 0 Å². The van der Waals surface area contributed by atoms with Crippen LogP contribution in [0.15, 0.2) is 0 Å². The molecule has 17 heteroatoms. The Labute approximate surface area is 184 Å². The number of hydrogen-bond acceptors (Lipinski definition) is 0. The number of hydrogen-bond donors (Lipinski definition) is 0. The molecule has 0 bridgehead atoms. The van der Waals surface area contributed by atoms with Crippen LogP contribution in [0.1, 0.15) is 40.5 Å². The Balaban J connectivity index is -0.000000490. The van der Waals surface area contributed by atoms with Gasteiger partial charge < -0.3 is 21.3 Å². The van der Waals surface area contributed by atoms with Crippen molar-refractivity contribution in [3.05, 3.63) is 21.3 Å². The molecular weight excluding hydrogens is 518 g/mol. The molecule has 0 fully saturated rings. The van der Waals surface area contributed by atoms with Gasteiger partial charge in [-0.05, 0) is 0 Å². The molecule has 0 amide bonds. The molecule has 0 N–H and O–H groups in total. The second-order valence-corrected chi connectivity index (χ2v) is 6.26. The molecule has 4 atom stereocenters. The molecule has 186 valence electrons. The van der Waals surface area contributed by atoms with Gasteiger partial charge in [0.25, 0.3) is 0 Å². The molecule has 0 radical (unpaired) electrons. The standard InChI is InChI=1S/2C7H10F6N2.Zn/c2*1-4(14-6(8,9)10)3-5(2)15-7(11,12)13;/h2*4-5H,3H2,1-2H3;/q2*-2;. The maximum Gasteiger partial charge on any atom is 0.312 e. The van der Waals surface area contributed by atoms with Crippen LogP contribution >= 0.6 is 0 Å². The zero-order chi connectivity index (χ0) is 24.6. The summed E-state index contributed by atoms with van der Waals surface area (Å²) in [6.07, 6.45) is -19.6. The van der Waals surface area contributed by atoms with Crippen LogP contribution in [0, 0.1) is 0 Å². The van der Waals surface area contributed by atoms with Crippen LogP contribution in [0.2, 0.25) is 0 Å². The van der Waals surface area contributed by atoms with E-state index in [1.807, 2.05) is 0 Å². The van der Waals surface area contributed by atoms with Crippen molar-refractivity contribution >= 4 is 0 Å². The van der Waals surface area contributed by atoms with Crippen molar-refractivity contribution in [1.29, 1.82) is 0 Å². The monoisotopic (exact) mass is 536 g/mol. The predicted octanol–water partition coefficient (Wildman–Crippen LogP) is 7.88. The maximum absolute atomic E-state index is 11.7. The van der Waals surface area contributed by atoms with E-state index < -0.39 is 49.4 Å². The Bertz CT molecular complexity index is 382. The molecule has 0 aromatic heterocycles. The summed E-state index contributed by atoms with van der Waals surface area (Å²) in [5.41, 5.74) is 0. The van der Waals surface area contributed by atoms with Crippen LogP contribution < -0.4 is 0 Å². The molecule has 0 heterocycles. The van der Waals surface area contributed by atoms with Crippen molar-refractivity contribution in [1.82, 2.24) is 0 Å². The first-order valence-corrected chi connectivity index (χ1v) is 8.14. The third kappa shape index (κ3) is 29.6. The molecule has 0 saturated heterocycles. The Kier molecular flexibility index (Phi) is 15.9. The van der Waals surface area contributed by atoms with E-state index in [4.69, 9.17) is 0 Å². The van der Waals surface area contributed by atoms with Crippen molar-refractivity contribution in [3.8, 4) is 0 Å². The quantitative estimate of drug-likeness (QED) is 0.172. The SMILES string of the molecule is CC(CC(C)[N-]C(F)(F)F)[N-]C(F)(F)F.CC(CC(C)[N-]C(F)(F)F)[N-]C(F)(F)F.[Zn]. The Morgan fingerprint density at radius 3 is 0.645 bits per heavy atom. The third-order valence-corrected chi connectivity index (χ3v) is 2.83. The largest absolute Gasteiger partial charge is 0.568 e. The van der Waals surface area contributed by atoms with Gasteiger partial charge in [-0.3, -0.25) is 0 Å². The summed E-state index contributed by atoms with van der Waals surface area (Å²) in [7, 11) is 0. The molecule has 0 saturated carbocycles. The molecule has 0 aliphatic rings. The molecule has 0 spiro atoms. The van der Waals surface area contributed by atoms with Crippen LogP contribution in [0.4, 0.5) is 52.7 Å². The smallest absolute Gasteiger partial charge is 0.312 e. The van der Waals surface area contributed by atoms with Crippen molar-refractivity contribution in [2.45, 2.75) is 89.9 Å². The van der Waals surface area contributed by atoms with E-state index in [0.29, 0.717) is 0 Å². The second kappa shape index (κ2) is 14.0. The van der Waals surface area contributed by atoms with E-state index in [9.17, 15) is 52.7 Å². The minimum Gasteiger partial charge on any atom is -0.568 e. The molecule has 0 aliphatic carbocycles. The summed E-state index contributed by atoms with van der Waals surface area (Å²) < 4.78 is 140. The zero-order valence-electron chi connectivity index (χ0n) is 16.8. The van der Waals surface area contributed by atoms with E-state index in [1.165, 1.54) is 0 Å². The van der Waals surface area contributed by atoms with Gasteiger partial charge in [0.15, 0.2) is 0 Å². The zero-order valence-corrected chi connectivity index (χ0v) is 19.7. The molecule has 0 rings (SSSR count). The van der Waals surface area contributed by atoms with Gasteiger partial charge in [0.1, 0.15) is 0 Å². The van der Waals surface area contributed by atoms with Crippen molar-refractivity contribution in [2.75, 3.05) is 0 Å². The Hall–Kier alpha value is -0.377. The number of halogens is 12. The van der Waals surface area contributed by atoms with Crippen LogP contribution in [-0.4, -0.2) is 49.4 Å². The summed E-state index contributed by atoms with van der Waals surface area (Å²) in [4.78, 5) is 0. The first kappa shape index (κ1) is 35.2. The minimum atomic E-state index is -4.71. The topological polar surface area (TPSA) is 56.4 Å². The summed E-state index contributed by atoms with van der Waals surface area (Å²) in [6.45, 7) is 4.37. The van der Waals surface area contributed by atoms with Crippen LogP contribution in [-0.2, 0) is 19.5 Å². The number of rotatable bonds is 8. The fourth-order valence-corrected chi connectivity index (χ4v) is 2.20. The summed E-state index contributed by atoms with van der Waals surface area (Å²) in [6, 6.07) is -4.92. The Morgan fingerprint density at radius 1 is 0.419 bits per heavy atom. The van der Waals surface area contributed by atoms with Crippen molar-refractivity contribution in [3.63, 3.8) is 0 Å². The van der Waals surface area contributed by atoms with Gasteiger partial charge in [-0.1, -0.05) is 40.5 Å². The maximum atomic E-state index is 11.7. The predicted molar refractivity (Wildman–Crippen MR) is 84.7 cm³/mol. The second-order valence-electron chi connectivity index (χ2n) is 6.26. The number of alkyl halides is 12. The summed E-state index contributed by atoms with van der Waals surface area (Å²) >= 11 is 0. The van der Waals surface area contributed by atoms with E-state index in [0.717, 1.165) is 27.7 Å². The summed E-state index contributed by atoms with van der Waals surface area (Å²) in [5, 5.41) is 9.41. The molecule has 31 heavy (non-hydrogen) atoms. The van der Waals surface area contributed by atoms with Crippen LogP contribution in [0.25, 0.3) is 21.3 Å². The van der Waals surface area contributed by atoms with Gasteiger partial charge in [0.2, 0.25) is 0 Å². The van der Waals surface area contributed by atoms with E-state index in [-0.39, 0.29) is 32.3 Å². The van der Waals surface area contributed by atoms with Gasteiger partial charge in [-0.25, -0.2) is 0 Å². The average molecular weight is 538 g/mol. The van der Waals surface area contributed by atoms with E-state index in [1.54, 1.807) is 0 Å². The fourth-order valence-electron chi connectivity index (χ4n) is 2.20. The van der Waals surface area contributed by atoms with Crippen LogP contribution in [0.3, 0.4) is 0 Å². The first-order chi connectivity index (χ1) is 13.0. The van der Waals surface area contributed by atoms with Gasteiger partial charge in [-0.2, -0.15) is 52.7 Å². The molecule has 0 aromatic carbocycles. The molecule has 0 aliphatic heterocycles. The average Bonchev–Trinajstić information content (AvgIpc) is 2.27. The third-order valence-electron chi connectivity index (χ3n) is 2.83. The van der Waals surface area contributed by atoms with Gasteiger partial charge in [0.05, 0.1) is 0 Å². The van der Waals surface area contributed by atoms with Gasteiger partial charge in [-0.15, -0.1) is 24.2 Å². The van der Waals surface area contributed by atoms with E-state index in [2.05, 4.69) is 21.3 Å².